The third kappa shape index (κ3) is 5.55. The number of ether oxygens (including phenoxy) is 1. The molecule has 0 aromatic heterocycles. The molecule has 1 aromatic carbocycles. The zero-order valence-electron chi connectivity index (χ0n) is 13.8. The fraction of sp³-hybridized carbons (Fsp3) is 0.529. The number of nitrogens with zero attached hydrogens (tertiary/aromatic N) is 3. The Bertz CT molecular complexity index is 545. The zero-order valence-corrected chi connectivity index (χ0v) is 13.8. The Balaban J connectivity index is 1.97. The minimum Gasteiger partial charge on any atom is -0.376 e. The van der Waals surface area contributed by atoms with E-state index in [0.29, 0.717) is 24.3 Å². The van der Waals surface area contributed by atoms with E-state index in [9.17, 15) is 4.79 Å². The first kappa shape index (κ1) is 17.3. The Labute approximate surface area is 137 Å². The molecule has 0 saturated carbocycles. The van der Waals surface area contributed by atoms with Crippen LogP contribution in [0.2, 0.25) is 0 Å². The highest BCUT2D eigenvalue weighted by Crippen LogP contribution is 2.15. The average Bonchev–Trinajstić information content (AvgIpc) is 3.05. The highest BCUT2D eigenvalue weighted by Gasteiger charge is 2.22. The molecular weight excluding hydrogens is 292 g/mol. The quantitative estimate of drug-likeness (QED) is 0.873. The molecule has 6 nitrogen and oxygen atoms in total. The summed E-state index contributed by atoms with van der Waals surface area (Å²) in [4.78, 5) is 16.4. The first-order valence-electron chi connectivity index (χ1n) is 7.91. The van der Waals surface area contributed by atoms with Gasteiger partial charge >= 0.3 is 6.03 Å². The van der Waals surface area contributed by atoms with Crippen LogP contribution >= 0.6 is 0 Å². The lowest BCUT2D eigenvalue weighted by Crippen LogP contribution is -2.43. The van der Waals surface area contributed by atoms with E-state index in [-0.39, 0.29) is 12.1 Å². The molecule has 1 saturated heterocycles. The summed E-state index contributed by atoms with van der Waals surface area (Å²) < 4.78 is 5.65. The summed E-state index contributed by atoms with van der Waals surface area (Å²) in [7, 11) is 3.98. The van der Waals surface area contributed by atoms with E-state index in [0.717, 1.165) is 26.0 Å². The minimum absolute atomic E-state index is 0.129. The van der Waals surface area contributed by atoms with Crippen molar-refractivity contribution in [1.82, 2.24) is 9.80 Å². The third-order valence-electron chi connectivity index (χ3n) is 3.82. The highest BCUT2D eigenvalue weighted by molar-refractivity contribution is 5.89. The summed E-state index contributed by atoms with van der Waals surface area (Å²) in [5, 5.41) is 11.7. The summed E-state index contributed by atoms with van der Waals surface area (Å²) in [5.74, 6) is 0. The van der Waals surface area contributed by atoms with Crippen molar-refractivity contribution in [1.29, 1.82) is 5.26 Å². The topological polar surface area (TPSA) is 68.6 Å². The van der Waals surface area contributed by atoms with Gasteiger partial charge in [0.2, 0.25) is 0 Å². The summed E-state index contributed by atoms with van der Waals surface area (Å²) in [5.41, 5.74) is 1.27. The highest BCUT2D eigenvalue weighted by atomic mass is 16.5. The third-order valence-corrected chi connectivity index (χ3v) is 3.82. The van der Waals surface area contributed by atoms with Crippen molar-refractivity contribution in [2.45, 2.75) is 18.9 Å². The second-order valence-corrected chi connectivity index (χ2v) is 6.00. The molecule has 0 unspecified atom stereocenters. The molecule has 1 heterocycles. The maximum absolute atomic E-state index is 12.5. The molecular formula is C17H24N4O2. The van der Waals surface area contributed by atoms with Crippen molar-refractivity contribution < 1.29 is 9.53 Å². The van der Waals surface area contributed by atoms with E-state index in [1.807, 2.05) is 14.1 Å². The number of carbonyl (C=O) groups excluding carboxylic acids is 1. The van der Waals surface area contributed by atoms with Gasteiger partial charge in [-0.15, -0.1) is 0 Å². The normalized spacial score (nSPS) is 17.0. The van der Waals surface area contributed by atoms with Crippen LogP contribution < -0.4 is 5.32 Å². The largest absolute Gasteiger partial charge is 0.376 e. The van der Waals surface area contributed by atoms with Gasteiger partial charge in [0, 0.05) is 31.9 Å². The van der Waals surface area contributed by atoms with Crippen LogP contribution in [0.5, 0.6) is 0 Å². The molecule has 2 rings (SSSR count). The molecule has 0 aliphatic carbocycles. The van der Waals surface area contributed by atoms with Gasteiger partial charge in [0.15, 0.2) is 0 Å². The number of nitrogens with one attached hydrogen (secondary N) is 1. The molecule has 23 heavy (non-hydrogen) atoms. The van der Waals surface area contributed by atoms with Crippen LogP contribution in [0, 0.1) is 11.3 Å². The van der Waals surface area contributed by atoms with Crippen molar-refractivity contribution in [2.75, 3.05) is 45.7 Å². The van der Waals surface area contributed by atoms with Gasteiger partial charge in [0.05, 0.1) is 17.7 Å². The van der Waals surface area contributed by atoms with Crippen molar-refractivity contribution >= 4 is 11.7 Å². The van der Waals surface area contributed by atoms with Crippen LogP contribution in [0.4, 0.5) is 10.5 Å². The zero-order chi connectivity index (χ0) is 16.7. The van der Waals surface area contributed by atoms with E-state index in [1.54, 1.807) is 29.2 Å². The smallest absolute Gasteiger partial charge is 0.321 e. The Hall–Kier alpha value is -2.10. The number of benzene rings is 1. The van der Waals surface area contributed by atoms with Gasteiger partial charge in [-0.05, 0) is 51.2 Å². The van der Waals surface area contributed by atoms with Gasteiger partial charge in [0.1, 0.15) is 0 Å². The molecule has 1 atom stereocenters. The Morgan fingerprint density at radius 2 is 2.09 bits per heavy atom. The summed E-state index contributed by atoms with van der Waals surface area (Å²) in [6.07, 6.45) is 2.19. The van der Waals surface area contributed by atoms with Gasteiger partial charge in [-0.1, -0.05) is 0 Å². The lowest BCUT2D eigenvalue weighted by Gasteiger charge is -2.27. The number of nitriles is 1. The number of urea groups is 1. The predicted octanol–water partition coefficient (Wildman–Crippen LogP) is 2.13. The Morgan fingerprint density at radius 3 is 2.65 bits per heavy atom. The molecule has 1 fully saturated rings. The first-order valence-corrected chi connectivity index (χ1v) is 7.91. The number of amides is 2. The molecule has 0 radical (unpaired) electrons. The van der Waals surface area contributed by atoms with Crippen LogP contribution in [-0.2, 0) is 4.74 Å². The number of carbonyl (C=O) groups is 1. The summed E-state index contributed by atoms with van der Waals surface area (Å²) in [6.45, 7) is 2.84. The van der Waals surface area contributed by atoms with Crippen LogP contribution in [0.25, 0.3) is 0 Å². The standard InChI is InChI=1S/C17H24N4O2/c1-20(2)9-10-21(13-16-4-3-11-23-16)17(22)19-15-7-5-14(12-18)6-8-15/h5-8,16H,3-4,9-11,13H2,1-2H3,(H,19,22)/t16-/m1/s1. The minimum atomic E-state index is -0.132. The second kappa shape index (κ2) is 8.51. The number of hydrogen-bond donors (Lipinski definition) is 1. The lowest BCUT2D eigenvalue weighted by molar-refractivity contribution is 0.0820. The van der Waals surface area contributed by atoms with Gasteiger partial charge < -0.3 is 19.9 Å². The second-order valence-electron chi connectivity index (χ2n) is 6.00. The predicted molar refractivity (Wildman–Crippen MR) is 89.3 cm³/mol. The maximum atomic E-state index is 12.5. The molecule has 2 amide bonds. The number of hydrogen-bond acceptors (Lipinski definition) is 4. The van der Waals surface area contributed by atoms with E-state index < -0.39 is 0 Å². The molecule has 1 N–H and O–H groups in total. The Morgan fingerprint density at radius 1 is 1.35 bits per heavy atom. The van der Waals surface area contributed by atoms with Crippen LogP contribution in [0.15, 0.2) is 24.3 Å². The molecule has 0 spiro atoms. The summed E-state index contributed by atoms with van der Waals surface area (Å²) >= 11 is 0. The van der Waals surface area contributed by atoms with E-state index in [1.165, 1.54) is 0 Å². The maximum Gasteiger partial charge on any atom is 0.321 e. The van der Waals surface area contributed by atoms with Crippen molar-refractivity contribution in [3.8, 4) is 6.07 Å². The number of anilines is 1. The van der Waals surface area contributed by atoms with E-state index in [2.05, 4.69) is 16.3 Å². The SMILES string of the molecule is CN(C)CCN(C[C@H]1CCCO1)C(=O)Nc1ccc(C#N)cc1. The van der Waals surface area contributed by atoms with Crippen molar-refractivity contribution in [3.05, 3.63) is 29.8 Å². The fourth-order valence-electron chi connectivity index (χ4n) is 2.46. The number of rotatable bonds is 6. The van der Waals surface area contributed by atoms with Crippen LogP contribution in [0.3, 0.4) is 0 Å². The Kier molecular flexibility index (Phi) is 6.39. The van der Waals surface area contributed by atoms with Crippen LogP contribution in [0.1, 0.15) is 18.4 Å². The molecule has 1 aromatic rings. The van der Waals surface area contributed by atoms with E-state index >= 15 is 0 Å². The summed E-state index contributed by atoms with van der Waals surface area (Å²) in [6, 6.07) is 8.81. The molecule has 0 bridgehead atoms. The van der Waals surface area contributed by atoms with Gasteiger partial charge in [-0.3, -0.25) is 0 Å². The fourth-order valence-corrected chi connectivity index (χ4v) is 2.46. The molecule has 6 heteroatoms. The molecule has 1 aliphatic heterocycles. The molecule has 124 valence electrons. The number of likely N-dealkylation sites (N-methyl/N-ethyl adjacent to an activating group) is 1. The van der Waals surface area contributed by atoms with Crippen molar-refractivity contribution in [3.63, 3.8) is 0 Å². The van der Waals surface area contributed by atoms with Gasteiger partial charge in [-0.2, -0.15) is 5.26 Å². The van der Waals surface area contributed by atoms with Crippen molar-refractivity contribution in [2.24, 2.45) is 0 Å². The average molecular weight is 316 g/mol. The lowest BCUT2D eigenvalue weighted by atomic mass is 10.2. The van der Waals surface area contributed by atoms with E-state index in [4.69, 9.17) is 10.00 Å². The monoisotopic (exact) mass is 316 g/mol. The van der Waals surface area contributed by atoms with Gasteiger partial charge in [0.25, 0.3) is 0 Å². The van der Waals surface area contributed by atoms with Gasteiger partial charge in [-0.25, -0.2) is 4.79 Å². The molecule has 1 aliphatic rings. The first-order chi connectivity index (χ1) is 11.1. The van der Waals surface area contributed by atoms with Crippen LogP contribution in [-0.4, -0.2) is 62.3 Å².